The third-order valence-electron chi connectivity index (χ3n) is 4.03. The molecule has 0 radical (unpaired) electrons. The summed E-state index contributed by atoms with van der Waals surface area (Å²) < 4.78 is 31.7. The molecule has 25 heavy (non-hydrogen) atoms. The van der Waals surface area contributed by atoms with Gasteiger partial charge >= 0.3 is 6.01 Å². The molecule has 0 saturated carbocycles. The molecule has 0 unspecified atom stereocenters. The molecule has 1 aliphatic rings. The molecule has 10 heteroatoms. The second kappa shape index (κ2) is 7.11. The Balaban J connectivity index is 1.61. The zero-order valence-corrected chi connectivity index (χ0v) is 15.0. The standard InChI is InChI=1S/C15H17ClN4O4S/c1-10-18-19-15(24-10)17-14(21)11-6-8-20(9-7-11)25(22,23)13-4-2-12(16)3-5-13/h2-5,11H,6-9H2,1H3,(H,17,19,21). The number of amides is 1. The Morgan fingerprint density at radius 2 is 1.88 bits per heavy atom. The van der Waals surface area contributed by atoms with E-state index in [2.05, 4.69) is 15.5 Å². The highest BCUT2D eigenvalue weighted by molar-refractivity contribution is 7.89. The number of piperidine rings is 1. The fourth-order valence-corrected chi connectivity index (χ4v) is 4.26. The minimum atomic E-state index is -3.58. The van der Waals surface area contributed by atoms with Crippen LogP contribution in [0.3, 0.4) is 0 Å². The Morgan fingerprint density at radius 1 is 1.24 bits per heavy atom. The number of rotatable bonds is 4. The number of nitrogens with one attached hydrogen (secondary N) is 1. The number of halogens is 1. The molecule has 0 atom stereocenters. The van der Waals surface area contributed by atoms with Gasteiger partial charge in [0.1, 0.15) is 0 Å². The van der Waals surface area contributed by atoms with Gasteiger partial charge in [-0.1, -0.05) is 16.7 Å². The third-order valence-corrected chi connectivity index (χ3v) is 6.20. The largest absolute Gasteiger partial charge is 0.408 e. The van der Waals surface area contributed by atoms with E-state index in [0.717, 1.165) is 0 Å². The highest BCUT2D eigenvalue weighted by Gasteiger charge is 2.32. The lowest BCUT2D eigenvalue weighted by Crippen LogP contribution is -2.41. The molecule has 2 aromatic rings. The van der Waals surface area contributed by atoms with Crippen molar-refractivity contribution in [3.63, 3.8) is 0 Å². The SMILES string of the molecule is Cc1nnc(NC(=O)C2CCN(S(=O)(=O)c3ccc(Cl)cc3)CC2)o1. The molecule has 134 valence electrons. The van der Waals surface area contributed by atoms with E-state index in [9.17, 15) is 13.2 Å². The van der Waals surface area contributed by atoms with E-state index < -0.39 is 10.0 Å². The Morgan fingerprint density at radius 3 is 2.44 bits per heavy atom. The molecular formula is C15H17ClN4O4S. The average Bonchev–Trinajstić information content (AvgIpc) is 3.00. The van der Waals surface area contributed by atoms with Gasteiger partial charge in [-0.15, -0.1) is 5.10 Å². The molecule has 1 aromatic carbocycles. The predicted molar refractivity (Wildman–Crippen MR) is 90.6 cm³/mol. The summed E-state index contributed by atoms with van der Waals surface area (Å²) in [5.41, 5.74) is 0. The van der Waals surface area contributed by atoms with Crippen molar-refractivity contribution in [1.82, 2.24) is 14.5 Å². The van der Waals surface area contributed by atoms with Crippen molar-refractivity contribution in [2.45, 2.75) is 24.7 Å². The molecule has 2 heterocycles. The van der Waals surface area contributed by atoms with Gasteiger partial charge in [0, 0.05) is 31.0 Å². The van der Waals surface area contributed by atoms with E-state index in [1.807, 2.05) is 0 Å². The zero-order chi connectivity index (χ0) is 18.0. The van der Waals surface area contributed by atoms with Crippen molar-refractivity contribution in [2.24, 2.45) is 5.92 Å². The molecule has 0 bridgehead atoms. The second-order valence-corrected chi connectivity index (χ2v) is 8.12. The summed E-state index contributed by atoms with van der Waals surface area (Å²) in [7, 11) is -3.58. The summed E-state index contributed by atoms with van der Waals surface area (Å²) >= 11 is 5.80. The van der Waals surface area contributed by atoms with Gasteiger partial charge in [0.15, 0.2) is 0 Å². The summed E-state index contributed by atoms with van der Waals surface area (Å²) in [5.74, 6) is -0.185. The lowest BCUT2D eigenvalue weighted by Gasteiger charge is -2.30. The number of carbonyl (C=O) groups excluding carboxylic acids is 1. The lowest BCUT2D eigenvalue weighted by molar-refractivity contribution is -0.121. The fourth-order valence-electron chi connectivity index (χ4n) is 2.67. The highest BCUT2D eigenvalue weighted by atomic mass is 35.5. The summed E-state index contributed by atoms with van der Waals surface area (Å²) in [5, 5.41) is 10.4. The van der Waals surface area contributed by atoms with Crippen LogP contribution in [-0.2, 0) is 14.8 Å². The van der Waals surface area contributed by atoms with E-state index >= 15 is 0 Å². The molecule has 8 nitrogen and oxygen atoms in total. The van der Waals surface area contributed by atoms with Gasteiger partial charge in [-0.05, 0) is 37.1 Å². The molecule has 3 rings (SSSR count). The van der Waals surface area contributed by atoms with Crippen molar-refractivity contribution in [3.8, 4) is 0 Å². The summed E-state index contributed by atoms with van der Waals surface area (Å²) in [4.78, 5) is 12.4. The van der Waals surface area contributed by atoms with Crippen molar-refractivity contribution in [2.75, 3.05) is 18.4 Å². The Kier molecular flexibility index (Phi) is 5.07. The maximum Gasteiger partial charge on any atom is 0.322 e. The predicted octanol–water partition coefficient (Wildman–Crippen LogP) is 2.07. The molecule has 0 spiro atoms. The van der Waals surface area contributed by atoms with Gasteiger partial charge < -0.3 is 4.42 Å². The normalized spacial score (nSPS) is 16.7. The first-order chi connectivity index (χ1) is 11.9. The van der Waals surface area contributed by atoms with E-state index in [4.69, 9.17) is 16.0 Å². The van der Waals surface area contributed by atoms with Crippen molar-refractivity contribution < 1.29 is 17.6 Å². The average molecular weight is 385 g/mol. The molecule has 1 fully saturated rings. The van der Waals surface area contributed by atoms with Crippen LogP contribution in [0.2, 0.25) is 5.02 Å². The number of aryl methyl sites for hydroxylation is 1. The van der Waals surface area contributed by atoms with Crippen LogP contribution in [0, 0.1) is 12.8 Å². The Labute approximate surface area is 150 Å². The van der Waals surface area contributed by atoms with Gasteiger partial charge in [0.05, 0.1) is 4.90 Å². The van der Waals surface area contributed by atoms with Crippen LogP contribution in [0.1, 0.15) is 18.7 Å². The number of hydrogen-bond acceptors (Lipinski definition) is 6. The zero-order valence-electron chi connectivity index (χ0n) is 13.5. The Bertz CT molecular complexity index is 858. The molecule has 1 N–H and O–H groups in total. The molecule has 1 aliphatic heterocycles. The molecule has 0 aliphatic carbocycles. The highest BCUT2D eigenvalue weighted by Crippen LogP contribution is 2.25. The number of aromatic nitrogens is 2. The number of nitrogens with zero attached hydrogens (tertiary/aromatic N) is 3. The van der Waals surface area contributed by atoms with Crippen LogP contribution in [0.5, 0.6) is 0 Å². The quantitative estimate of drug-likeness (QED) is 0.865. The number of benzene rings is 1. The van der Waals surface area contributed by atoms with Gasteiger partial charge in [-0.3, -0.25) is 10.1 Å². The van der Waals surface area contributed by atoms with Gasteiger partial charge in [0.2, 0.25) is 21.8 Å². The lowest BCUT2D eigenvalue weighted by atomic mass is 9.97. The first kappa shape index (κ1) is 17.8. The van der Waals surface area contributed by atoms with Crippen LogP contribution < -0.4 is 5.32 Å². The summed E-state index contributed by atoms with van der Waals surface area (Å²) in [6.45, 7) is 2.17. The van der Waals surface area contributed by atoms with E-state index in [1.165, 1.54) is 16.4 Å². The summed E-state index contributed by atoms with van der Waals surface area (Å²) in [6, 6.07) is 6.10. The maximum absolute atomic E-state index is 12.6. The fraction of sp³-hybridized carbons (Fsp3) is 0.400. The topological polar surface area (TPSA) is 105 Å². The van der Waals surface area contributed by atoms with E-state index in [1.54, 1.807) is 19.1 Å². The number of carbonyl (C=O) groups is 1. The van der Waals surface area contributed by atoms with E-state index in [-0.39, 0.29) is 35.8 Å². The first-order valence-electron chi connectivity index (χ1n) is 7.73. The number of sulfonamides is 1. The second-order valence-electron chi connectivity index (χ2n) is 5.75. The van der Waals surface area contributed by atoms with Crippen LogP contribution in [0.25, 0.3) is 0 Å². The monoisotopic (exact) mass is 384 g/mol. The smallest absolute Gasteiger partial charge is 0.322 e. The molecule has 1 amide bonds. The van der Waals surface area contributed by atoms with Crippen molar-refractivity contribution >= 4 is 33.5 Å². The van der Waals surface area contributed by atoms with Gasteiger partial charge in [-0.2, -0.15) is 4.31 Å². The third kappa shape index (κ3) is 4.00. The summed E-state index contributed by atoms with van der Waals surface area (Å²) in [6.07, 6.45) is 0.845. The van der Waals surface area contributed by atoms with Gasteiger partial charge in [0.25, 0.3) is 0 Å². The van der Waals surface area contributed by atoms with Crippen LogP contribution in [0.4, 0.5) is 6.01 Å². The first-order valence-corrected chi connectivity index (χ1v) is 9.55. The maximum atomic E-state index is 12.6. The molecule has 1 saturated heterocycles. The number of hydrogen-bond donors (Lipinski definition) is 1. The van der Waals surface area contributed by atoms with Crippen LogP contribution in [-0.4, -0.2) is 41.9 Å². The minimum Gasteiger partial charge on any atom is -0.408 e. The molecule has 1 aromatic heterocycles. The van der Waals surface area contributed by atoms with E-state index in [0.29, 0.717) is 23.8 Å². The van der Waals surface area contributed by atoms with Gasteiger partial charge in [-0.25, -0.2) is 8.42 Å². The minimum absolute atomic E-state index is 0.0544. The number of anilines is 1. The van der Waals surface area contributed by atoms with Crippen molar-refractivity contribution in [1.29, 1.82) is 0 Å². The van der Waals surface area contributed by atoms with Crippen LogP contribution >= 0.6 is 11.6 Å². The van der Waals surface area contributed by atoms with Crippen LogP contribution in [0.15, 0.2) is 33.6 Å². The Hall–Kier alpha value is -1.97. The van der Waals surface area contributed by atoms with Crippen molar-refractivity contribution in [3.05, 3.63) is 35.2 Å². The molecular weight excluding hydrogens is 368 g/mol.